The highest BCUT2D eigenvalue weighted by molar-refractivity contribution is 8.01. The fourth-order valence-corrected chi connectivity index (χ4v) is 6.73. The largest absolute Gasteiger partial charge is 0.325 e. The van der Waals surface area contributed by atoms with Gasteiger partial charge in [0.05, 0.1) is 5.75 Å². The Balaban J connectivity index is 1.34. The third kappa shape index (κ3) is 2.90. The first-order valence-electron chi connectivity index (χ1n) is 8.30. The van der Waals surface area contributed by atoms with Crippen LogP contribution in [0.4, 0.5) is 10.1 Å². The fourth-order valence-electron chi connectivity index (χ4n) is 5.16. The van der Waals surface area contributed by atoms with Gasteiger partial charge in [-0.25, -0.2) is 4.39 Å². The molecule has 5 rings (SSSR count). The summed E-state index contributed by atoms with van der Waals surface area (Å²) in [5.41, 5.74) is 0.678. The summed E-state index contributed by atoms with van der Waals surface area (Å²) in [6, 6.07) is 5.98. The van der Waals surface area contributed by atoms with Crippen molar-refractivity contribution in [2.75, 3.05) is 11.1 Å². The average molecular weight is 319 g/mol. The van der Waals surface area contributed by atoms with Crippen LogP contribution in [0.2, 0.25) is 0 Å². The molecule has 1 aromatic rings. The molecular weight excluding hydrogens is 297 g/mol. The zero-order valence-electron chi connectivity index (χ0n) is 12.7. The number of amides is 1. The molecule has 4 fully saturated rings. The predicted octanol–water partition coefficient (Wildman–Crippen LogP) is 4.47. The number of thioether (sulfide) groups is 1. The summed E-state index contributed by atoms with van der Waals surface area (Å²) < 4.78 is 13.2. The third-order valence-electron chi connectivity index (χ3n) is 5.62. The summed E-state index contributed by atoms with van der Waals surface area (Å²) in [5, 5.41) is 2.88. The minimum atomic E-state index is -0.277. The smallest absolute Gasteiger partial charge is 0.234 e. The molecule has 4 aliphatic carbocycles. The van der Waals surface area contributed by atoms with E-state index in [-0.39, 0.29) is 11.7 Å². The molecule has 4 aliphatic rings. The third-order valence-corrected chi connectivity index (χ3v) is 7.14. The molecule has 0 saturated heterocycles. The van der Waals surface area contributed by atoms with E-state index in [2.05, 4.69) is 5.32 Å². The highest BCUT2D eigenvalue weighted by Gasteiger charge is 2.51. The van der Waals surface area contributed by atoms with Gasteiger partial charge in [0, 0.05) is 10.4 Å². The van der Waals surface area contributed by atoms with Crippen molar-refractivity contribution in [1.29, 1.82) is 0 Å². The second kappa shape index (κ2) is 5.55. The lowest BCUT2D eigenvalue weighted by molar-refractivity contribution is -0.113. The van der Waals surface area contributed by atoms with Crippen molar-refractivity contribution in [3.8, 4) is 0 Å². The number of halogens is 1. The van der Waals surface area contributed by atoms with Crippen molar-refractivity contribution >= 4 is 23.4 Å². The maximum absolute atomic E-state index is 12.9. The number of nitrogens with one attached hydrogen (secondary N) is 1. The highest BCUT2D eigenvalue weighted by Crippen LogP contribution is 2.60. The molecule has 2 nitrogen and oxygen atoms in total. The zero-order valence-corrected chi connectivity index (χ0v) is 13.5. The zero-order chi connectivity index (χ0) is 15.2. The number of anilines is 1. The molecule has 118 valence electrons. The van der Waals surface area contributed by atoms with Crippen molar-refractivity contribution < 1.29 is 9.18 Å². The number of rotatable bonds is 4. The maximum atomic E-state index is 12.9. The van der Waals surface area contributed by atoms with Gasteiger partial charge in [-0.3, -0.25) is 4.79 Å². The van der Waals surface area contributed by atoms with Gasteiger partial charge in [-0.2, -0.15) is 0 Å². The summed E-state index contributed by atoms with van der Waals surface area (Å²) >= 11 is 1.88. The Hall–Kier alpha value is -1.03. The summed E-state index contributed by atoms with van der Waals surface area (Å²) in [4.78, 5) is 12.2. The van der Waals surface area contributed by atoms with Crippen LogP contribution in [-0.4, -0.2) is 16.4 Å². The van der Waals surface area contributed by atoms with Crippen LogP contribution >= 0.6 is 11.8 Å². The SMILES string of the molecule is O=C(CSC12CC3CC(CC(C3)C1)C2)Nc1ccc(F)cc1. The summed E-state index contributed by atoms with van der Waals surface area (Å²) in [6.45, 7) is 0. The topological polar surface area (TPSA) is 29.1 Å². The van der Waals surface area contributed by atoms with E-state index in [1.807, 2.05) is 11.8 Å². The van der Waals surface area contributed by atoms with E-state index in [1.165, 1.54) is 50.7 Å². The molecule has 0 heterocycles. The van der Waals surface area contributed by atoms with Crippen LogP contribution in [0.25, 0.3) is 0 Å². The van der Waals surface area contributed by atoms with Crippen LogP contribution in [0.15, 0.2) is 24.3 Å². The standard InChI is InChI=1S/C18H22FNOS/c19-15-1-3-16(4-2-15)20-17(21)11-22-18-8-12-5-13(9-18)7-14(6-12)10-18/h1-4,12-14H,5-11H2,(H,20,21). The molecule has 0 atom stereocenters. The van der Waals surface area contributed by atoms with Crippen molar-refractivity contribution in [3.05, 3.63) is 30.1 Å². The van der Waals surface area contributed by atoms with Gasteiger partial charge in [0.1, 0.15) is 5.82 Å². The van der Waals surface area contributed by atoms with E-state index < -0.39 is 0 Å². The van der Waals surface area contributed by atoms with Crippen LogP contribution in [-0.2, 0) is 4.79 Å². The Bertz CT molecular complexity index is 536. The molecule has 0 aromatic heterocycles. The Kier molecular flexibility index (Phi) is 3.67. The quantitative estimate of drug-likeness (QED) is 0.887. The lowest BCUT2D eigenvalue weighted by Crippen LogP contribution is -2.49. The molecule has 4 saturated carbocycles. The van der Waals surface area contributed by atoms with E-state index in [0.717, 1.165) is 17.8 Å². The van der Waals surface area contributed by atoms with Crippen LogP contribution in [0.1, 0.15) is 38.5 Å². The molecule has 0 aliphatic heterocycles. The molecule has 1 amide bonds. The van der Waals surface area contributed by atoms with Crippen molar-refractivity contribution in [1.82, 2.24) is 0 Å². The first-order valence-corrected chi connectivity index (χ1v) is 9.28. The first-order chi connectivity index (χ1) is 10.6. The monoisotopic (exact) mass is 319 g/mol. The molecule has 0 unspecified atom stereocenters. The Morgan fingerprint density at radius 2 is 1.64 bits per heavy atom. The van der Waals surface area contributed by atoms with E-state index in [0.29, 0.717) is 16.2 Å². The van der Waals surface area contributed by atoms with E-state index in [9.17, 15) is 9.18 Å². The van der Waals surface area contributed by atoms with Gasteiger partial charge in [0.25, 0.3) is 0 Å². The Morgan fingerprint density at radius 1 is 1.09 bits per heavy atom. The lowest BCUT2D eigenvalue weighted by Gasteiger charge is -2.56. The fraction of sp³-hybridized carbons (Fsp3) is 0.611. The molecule has 0 radical (unpaired) electrons. The number of hydrogen-bond donors (Lipinski definition) is 1. The molecule has 22 heavy (non-hydrogen) atoms. The molecular formula is C18H22FNOS. The maximum Gasteiger partial charge on any atom is 0.234 e. The first kappa shape index (κ1) is 14.6. The van der Waals surface area contributed by atoms with Crippen molar-refractivity contribution in [2.45, 2.75) is 43.3 Å². The van der Waals surface area contributed by atoms with Gasteiger partial charge < -0.3 is 5.32 Å². The summed E-state index contributed by atoms with van der Waals surface area (Å²) in [5.74, 6) is 3.02. The number of carbonyl (C=O) groups excluding carboxylic acids is 1. The molecule has 4 heteroatoms. The van der Waals surface area contributed by atoms with Crippen LogP contribution < -0.4 is 5.32 Å². The average Bonchev–Trinajstić information content (AvgIpc) is 2.46. The van der Waals surface area contributed by atoms with Crippen molar-refractivity contribution in [2.24, 2.45) is 17.8 Å². The normalized spacial score (nSPS) is 35.6. The van der Waals surface area contributed by atoms with Gasteiger partial charge in [0.2, 0.25) is 5.91 Å². The van der Waals surface area contributed by atoms with Gasteiger partial charge in [-0.15, -0.1) is 11.8 Å². The van der Waals surface area contributed by atoms with Gasteiger partial charge >= 0.3 is 0 Å². The van der Waals surface area contributed by atoms with Crippen LogP contribution in [0.3, 0.4) is 0 Å². The number of carbonyl (C=O) groups is 1. The number of benzene rings is 1. The van der Waals surface area contributed by atoms with E-state index >= 15 is 0 Å². The molecule has 0 spiro atoms. The Labute approximate surface area is 135 Å². The second-order valence-electron chi connectivity index (χ2n) is 7.44. The van der Waals surface area contributed by atoms with Gasteiger partial charge in [-0.1, -0.05) is 0 Å². The van der Waals surface area contributed by atoms with Crippen LogP contribution in [0.5, 0.6) is 0 Å². The van der Waals surface area contributed by atoms with Gasteiger partial charge in [-0.05, 0) is 80.5 Å². The van der Waals surface area contributed by atoms with Crippen LogP contribution in [0, 0.1) is 23.6 Å². The Morgan fingerprint density at radius 3 is 2.18 bits per heavy atom. The molecule has 1 N–H and O–H groups in total. The van der Waals surface area contributed by atoms with E-state index in [4.69, 9.17) is 0 Å². The summed E-state index contributed by atoms with van der Waals surface area (Å²) in [6.07, 6.45) is 8.24. The minimum Gasteiger partial charge on any atom is -0.325 e. The van der Waals surface area contributed by atoms with E-state index in [1.54, 1.807) is 12.1 Å². The molecule has 4 bridgehead atoms. The highest BCUT2D eigenvalue weighted by atomic mass is 32.2. The lowest BCUT2D eigenvalue weighted by atomic mass is 9.56. The molecule has 1 aromatic carbocycles. The van der Waals surface area contributed by atoms with Gasteiger partial charge in [0.15, 0.2) is 0 Å². The summed E-state index contributed by atoms with van der Waals surface area (Å²) in [7, 11) is 0. The second-order valence-corrected chi connectivity index (χ2v) is 8.89. The number of hydrogen-bond acceptors (Lipinski definition) is 2. The van der Waals surface area contributed by atoms with Crippen molar-refractivity contribution in [3.63, 3.8) is 0 Å². The predicted molar refractivity (Wildman–Crippen MR) is 88.4 cm³/mol. The minimum absolute atomic E-state index is 0.0346.